The van der Waals surface area contributed by atoms with Crippen LogP contribution in [0.4, 0.5) is 5.69 Å². The molecule has 0 aliphatic heterocycles. The Hall–Kier alpha value is -1.65. The second-order valence-electron chi connectivity index (χ2n) is 4.12. The Morgan fingerprint density at radius 1 is 1.15 bits per heavy atom. The number of phenolic OH excluding ortho intramolecular Hbond substituents is 1. The first-order valence-electron chi connectivity index (χ1n) is 6.11. The van der Waals surface area contributed by atoms with E-state index in [4.69, 9.17) is 11.6 Å². The van der Waals surface area contributed by atoms with Gasteiger partial charge >= 0.3 is 0 Å². The number of benzene rings is 2. The van der Waals surface area contributed by atoms with Crippen LogP contribution in [0.5, 0.6) is 5.75 Å². The minimum Gasteiger partial charge on any atom is -0.508 e. The number of carbonyl (C=O) groups is 1. The van der Waals surface area contributed by atoms with Gasteiger partial charge in [-0.15, -0.1) is 11.8 Å². The topological polar surface area (TPSA) is 49.3 Å². The van der Waals surface area contributed by atoms with Crippen LogP contribution in [-0.4, -0.2) is 16.8 Å². The molecule has 0 fully saturated rings. The minimum atomic E-state index is -0.0654. The van der Waals surface area contributed by atoms with Gasteiger partial charge in [-0.3, -0.25) is 4.79 Å². The number of para-hydroxylation sites is 1. The number of anilines is 1. The van der Waals surface area contributed by atoms with Crippen molar-refractivity contribution in [2.24, 2.45) is 0 Å². The van der Waals surface area contributed by atoms with Crippen LogP contribution in [0.2, 0.25) is 5.02 Å². The first-order chi connectivity index (χ1) is 9.65. The highest BCUT2D eigenvalue weighted by Crippen LogP contribution is 2.23. The lowest BCUT2D eigenvalue weighted by Crippen LogP contribution is -2.12. The Bertz CT molecular complexity index is 587. The quantitative estimate of drug-likeness (QED) is 0.815. The van der Waals surface area contributed by atoms with E-state index >= 15 is 0 Å². The van der Waals surface area contributed by atoms with E-state index in [-0.39, 0.29) is 11.7 Å². The predicted octanol–water partition coefficient (Wildman–Crippen LogP) is 4.17. The third-order valence-corrected chi connectivity index (χ3v) is 3.93. The molecule has 3 nitrogen and oxygen atoms in total. The zero-order chi connectivity index (χ0) is 14.4. The van der Waals surface area contributed by atoms with Crippen molar-refractivity contribution < 1.29 is 9.90 Å². The number of halogens is 1. The molecule has 0 aromatic heterocycles. The molecule has 2 aromatic carbocycles. The number of nitrogens with one attached hydrogen (secondary N) is 1. The number of amides is 1. The molecule has 2 aromatic rings. The van der Waals surface area contributed by atoms with Crippen molar-refractivity contribution in [2.45, 2.75) is 11.3 Å². The van der Waals surface area contributed by atoms with Gasteiger partial charge in [-0.2, -0.15) is 0 Å². The fraction of sp³-hybridized carbons (Fsp3) is 0.133. The van der Waals surface area contributed by atoms with Crippen LogP contribution in [0.25, 0.3) is 0 Å². The van der Waals surface area contributed by atoms with Crippen LogP contribution in [0.15, 0.2) is 53.4 Å². The van der Waals surface area contributed by atoms with Crippen LogP contribution >= 0.6 is 23.4 Å². The van der Waals surface area contributed by atoms with Gasteiger partial charge in [-0.25, -0.2) is 0 Å². The molecule has 20 heavy (non-hydrogen) atoms. The molecule has 0 aliphatic carbocycles. The third-order valence-electron chi connectivity index (χ3n) is 2.58. The van der Waals surface area contributed by atoms with Gasteiger partial charge < -0.3 is 10.4 Å². The average Bonchev–Trinajstić information content (AvgIpc) is 2.44. The molecule has 0 bridgehead atoms. The lowest BCUT2D eigenvalue weighted by molar-refractivity contribution is -0.115. The van der Waals surface area contributed by atoms with E-state index in [0.717, 1.165) is 4.90 Å². The number of phenols is 1. The maximum atomic E-state index is 11.8. The second-order valence-corrected chi connectivity index (χ2v) is 5.70. The monoisotopic (exact) mass is 307 g/mol. The summed E-state index contributed by atoms with van der Waals surface area (Å²) in [5.74, 6) is 0.844. The lowest BCUT2D eigenvalue weighted by atomic mass is 10.3. The summed E-state index contributed by atoms with van der Waals surface area (Å²) in [5, 5.41) is 12.5. The Morgan fingerprint density at radius 3 is 2.55 bits per heavy atom. The fourth-order valence-corrected chi connectivity index (χ4v) is 2.61. The summed E-state index contributed by atoms with van der Waals surface area (Å²) in [6.45, 7) is 0. The van der Waals surface area contributed by atoms with Crippen molar-refractivity contribution in [3.63, 3.8) is 0 Å². The largest absolute Gasteiger partial charge is 0.508 e. The van der Waals surface area contributed by atoms with Gasteiger partial charge in [-0.05, 0) is 36.4 Å². The summed E-state index contributed by atoms with van der Waals surface area (Å²) in [6.07, 6.45) is 0.400. The van der Waals surface area contributed by atoms with Crippen LogP contribution in [-0.2, 0) is 4.79 Å². The second kappa shape index (κ2) is 7.22. The lowest BCUT2D eigenvalue weighted by Gasteiger charge is -2.06. The van der Waals surface area contributed by atoms with E-state index in [1.54, 1.807) is 36.0 Å². The molecule has 0 spiro atoms. The van der Waals surface area contributed by atoms with Gasteiger partial charge in [0.05, 0.1) is 10.7 Å². The SMILES string of the molecule is O=C(CCSc1ccc(O)cc1)Nc1ccccc1Cl. The number of aromatic hydroxyl groups is 1. The molecule has 0 saturated heterocycles. The standard InChI is InChI=1S/C15H14ClNO2S/c16-13-3-1-2-4-14(13)17-15(19)9-10-20-12-7-5-11(18)6-8-12/h1-8,18H,9-10H2,(H,17,19). The normalized spacial score (nSPS) is 10.2. The van der Waals surface area contributed by atoms with E-state index < -0.39 is 0 Å². The number of carbonyl (C=O) groups excluding carboxylic acids is 1. The summed E-state index contributed by atoms with van der Waals surface area (Å²) < 4.78 is 0. The van der Waals surface area contributed by atoms with Crippen molar-refractivity contribution in [1.29, 1.82) is 0 Å². The summed E-state index contributed by atoms with van der Waals surface area (Å²) in [7, 11) is 0. The van der Waals surface area contributed by atoms with E-state index in [2.05, 4.69) is 5.32 Å². The zero-order valence-electron chi connectivity index (χ0n) is 10.7. The highest BCUT2D eigenvalue weighted by atomic mass is 35.5. The molecule has 0 heterocycles. The average molecular weight is 308 g/mol. The smallest absolute Gasteiger partial charge is 0.225 e. The van der Waals surface area contributed by atoms with Crippen molar-refractivity contribution in [3.05, 3.63) is 53.6 Å². The maximum absolute atomic E-state index is 11.8. The minimum absolute atomic E-state index is 0.0654. The molecule has 2 N–H and O–H groups in total. The van der Waals surface area contributed by atoms with Gasteiger partial charge in [0.15, 0.2) is 0 Å². The van der Waals surface area contributed by atoms with Gasteiger partial charge in [0.1, 0.15) is 5.75 Å². The molecule has 0 atom stereocenters. The molecule has 104 valence electrons. The summed E-state index contributed by atoms with van der Waals surface area (Å²) in [4.78, 5) is 12.8. The van der Waals surface area contributed by atoms with E-state index in [0.29, 0.717) is 22.9 Å². The predicted molar refractivity (Wildman–Crippen MR) is 83.5 cm³/mol. The first kappa shape index (κ1) is 14.8. The molecule has 0 saturated carbocycles. The van der Waals surface area contributed by atoms with Crippen LogP contribution in [0, 0.1) is 0 Å². The molecule has 0 radical (unpaired) electrons. The molecule has 0 unspecified atom stereocenters. The van der Waals surface area contributed by atoms with Crippen molar-refractivity contribution in [2.75, 3.05) is 11.1 Å². The van der Waals surface area contributed by atoms with Crippen LogP contribution in [0.1, 0.15) is 6.42 Å². The van der Waals surface area contributed by atoms with Crippen molar-refractivity contribution in [1.82, 2.24) is 0 Å². The molecule has 2 rings (SSSR count). The van der Waals surface area contributed by atoms with Crippen LogP contribution in [0.3, 0.4) is 0 Å². The number of hydrogen-bond acceptors (Lipinski definition) is 3. The first-order valence-corrected chi connectivity index (χ1v) is 7.48. The Kier molecular flexibility index (Phi) is 5.32. The number of rotatable bonds is 5. The highest BCUT2D eigenvalue weighted by molar-refractivity contribution is 7.99. The van der Waals surface area contributed by atoms with Gasteiger partial charge in [0.25, 0.3) is 0 Å². The Labute approximate surface area is 127 Å². The van der Waals surface area contributed by atoms with Crippen LogP contribution < -0.4 is 5.32 Å². The number of thioether (sulfide) groups is 1. The van der Waals surface area contributed by atoms with E-state index in [1.165, 1.54) is 0 Å². The van der Waals surface area contributed by atoms with E-state index in [9.17, 15) is 9.90 Å². The highest BCUT2D eigenvalue weighted by Gasteiger charge is 2.05. The molecular weight excluding hydrogens is 294 g/mol. The molecule has 0 aliphatic rings. The zero-order valence-corrected chi connectivity index (χ0v) is 12.2. The summed E-state index contributed by atoms with van der Waals surface area (Å²) in [6, 6.07) is 14.1. The number of hydrogen-bond donors (Lipinski definition) is 2. The summed E-state index contributed by atoms with van der Waals surface area (Å²) >= 11 is 7.54. The molecular formula is C15H14ClNO2S. The van der Waals surface area contributed by atoms with Crippen molar-refractivity contribution in [3.8, 4) is 5.75 Å². The third kappa shape index (κ3) is 4.47. The molecule has 1 amide bonds. The fourth-order valence-electron chi connectivity index (χ4n) is 1.58. The van der Waals surface area contributed by atoms with E-state index in [1.807, 2.05) is 24.3 Å². The van der Waals surface area contributed by atoms with Gasteiger partial charge in [0.2, 0.25) is 5.91 Å². The van der Waals surface area contributed by atoms with Gasteiger partial charge in [-0.1, -0.05) is 23.7 Å². The van der Waals surface area contributed by atoms with Crippen molar-refractivity contribution >= 4 is 35.0 Å². The maximum Gasteiger partial charge on any atom is 0.225 e. The summed E-state index contributed by atoms with van der Waals surface area (Å²) in [5.41, 5.74) is 0.633. The van der Waals surface area contributed by atoms with Gasteiger partial charge in [0, 0.05) is 17.1 Å². The Morgan fingerprint density at radius 2 is 1.85 bits per heavy atom. The Balaban J connectivity index is 1.78. The molecule has 5 heteroatoms.